The van der Waals surface area contributed by atoms with Crippen LogP contribution in [0.4, 0.5) is 0 Å². The van der Waals surface area contributed by atoms with Gasteiger partial charge in [0.25, 0.3) is 0 Å². The monoisotopic (exact) mass is 396 g/mol. The molecular formula is C20H30NO5S-. The molecule has 0 aromatic carbocycles. The highest BCUT2D eigenvalue weighted by Crippen LogP contribution is 2.55. The van der Waals surface area contributed by atoms with Gasteiger partial charge in [-0.2, -0.15) is 0 Å². The normalized spacial score (nSPS) is 43.4. The van der Waals surface area contributed by atoms with Crippen molar-refractivity contribution in [3.05, 3.63) is 11.1 Å². The summed E-state index contributed by atoms with van der Waals surface area (Å²) in [6.45, 7) is 3.65. The molecule has 3 atom stereocenters. The van der Waals surface area contributed by atoms with Gasteiger partial charge in [-0.15, -0.1) is 0 Å². The fourth-order valence-corrected chi connectivity index (χ4v) is 7.76. The zero-order valence-corrected chi connectivity index (χ0v) is 17.0. The van der Waals surface area contributed by atoms with E-state index in [1.807, 2.05) is 6.92 Å². The van der Waals surface area contributed by atoms with Gasteiger partial charge in [0.2, 0.25) is 0 Å². The van der Waals surface area contributed by atoms with Crippen LogP contribution in [0.1, 0.15) is 65.2 Å². The minimum Gasteiger partial charge on any atom is -0.748 e. The van der Waals surface area contributed by atoms with Crippen molar-refractivity contribution in [3.8, 4) is 0 Å². The Hall–Kier alpha value is -0.920. The second-order valence-electron chi connectivity index (χ2n) is 9.95. The maximum atomic E-state index is 12.6. The lowest BCUT2D eigenvalue weighted by molar-refractivity contribution is -0.171. The molecule has 27 heavy (non-hydrogen) atoms. The number of allylic oxidation sites excluding steroid dienone is 1. The molecule has 3 unspecified atom stereocenters. The van der Waals surface area contributed by atoms with E-state index in [0.717, 1.165) is 43.3 Å². The molecule has 4 bridgehead atoms. The standard InChI is InChI=1S/C20H31NO5S/c1-12-14(3-4-19(12,2)11-27(23,24)25)7-17(22)26-18-15-5-13-6-16(18)10-20(21,8-13)9-15/h13,15-16,18H,3-11,21H2,1-2H3,(H,23,24,25)/p-1. The van der Waals surface area contributed by atoms with Gasteiger partial charge in [-0.05, 0) is 69.6 Å². The van der Waals surface area contributed by atoms with E-state index in [-0.39, 0.29) is 24.0 Å². The predicted octanol–water partition coefficient (Wildman–Crippen LogP) is 2.49. The molecule has 5 rings (SSSR count). The molecule has 4 fully saturated rings. The first-order valence-electron chi connectivity index (χ1n) is 10.1. The van der Waals surface area contributed by atoms with Crippen molar-refractivity contribution >= 4 is 16.1 Å². The third-order valence-corrected chi connectivity index (χ3v) is 8.76. The Labute approximate surface area is 161 Å². The van der Waals surface area contributed by atoms with Crippen molar-refractivity contribution in [1.82, 2.24) is 0 Å². The highest BCUT2D eigenvalue weighted by atomic mass is 32.2. The number of hydrogen-bond donors (Lipinski definition) is 1. The minimum atomic E-state index is -4.30. The number of rotatable bonds is 5. The van der Waals surface area contributed by atoms with Crippen molar-refractivity contribution in [1.29, 1.82) is 0 Å². The van der Waals surface area contributed by atoms with E-state index in [4.69, 9.17) is 10.5 Å². The maximum absolute atomic E-state index is 12.6. The van der Waals surface area contributed by atoms with Gasteiger partial charge in [-0.3, -0.25) is 4.79 Å². The zero-order chi connectivity index (χ0) is 19.6. The number of ether oxygens (including phenoxy) is 1. The van der Waals surface area contributed by atoms with Gasteiger partial charge in [0.1, 0.15) is 6.10 Å². The summed E-state index contributed by atoms with van der Waals surface area (Å²) in [5.41, 5.74) is 7.61. The average molecular weight is 397 g/mol. The van der Waals surface area contributed by atoms with Gasteiger partial charge in [0.15, 0.2) is 0 Å². The summed E-state index contributed by atoms with van der Waals surface area (Å²) in [5, 5.41) is 0. The van der Waals surface area contributed by atoms with Gasteiger partial charge < -0.3 is 15.0 Å². The SMILES string of the molecule is CC1=C(CC(=O)OC2C3CC4CC2CC(N)(C4)C3)CCC1(C)CS(=O)(=O)[O-]. The second kappa shape index (κ2) is 6.29. The first-order chi connectivity index (χ1) is 12.5. The van der Waals surface area contributed by atoms with Crippen molar-refractivity contribution < 1.29 is 22.5 Å². The lowest BCUT2D eigenvalue weighted by Gasteiger charge is -2.58. The molecule has 5 aliphatic carbocycles. The van der Waals surface area contributed by atoms with Crippen molar-refractivity contribution in [2.75, 3.05) is 5.75 Å². The fraction of sp³-hybridized carbons (Fsp3) is 0.850. The molecule has 0 aromatic heterocycles. The van der Waals surface area contributed by atoms with E-state index in [1.165, 1.54) is 0 Å². The Morgan fingerprint density at radius 1 is 1.26 bits per heavy atom. The molecule has 0 aliphatic heterocycles. The van der Waals surface area contributed by atoms with E-state index in [2.05, 4.69) is 0 Å². The highest BCUT2D eigenvalue weighted by Gasteiger charge is 2.55. The Morgan fingerprint density at radius 3 is 2.44 bits per heavy atom. The molecule has 0 saturated heterocycles. The maximum Gasteiger partial charge on any atom is 0.310 e. The van der Waals surface area contributed by atoms with E-state index in [9.17, 15) is 17.8 Å². The third kappa shape index (κ3) is 3.70. The Morgan fingerprint density at radius 2 is 1.89 bits per heavy atom. The van der Waals surface area contributed by atoms with Gasteiger partial charge in [-0.25, -0.2) is 8.42 Å². The van der Waals surface area contributed by atoms with Gasteiger partial charge in [-0.1, -0.05) is 18.1 Å². The van der Waals surface area contributed by atoms with E-state index in [1.54, 1.807) is 6.92 Å². The van der Waals surface area contributed by atoms with Crippen LogP contribution in [-0.4, -0.2) is 36.3 Å². The molecule has 0 radical (unpaired) electrons. The van der Waals surface area contributed by atoms with Crippen LogP contribution in [0.3, 0.4) is 0 Å². The summed E-state index contributed by atoms with van der Waals surface area (Å²) in [4.78, 5) is 12.6. The summed E-state index contributed by atoms with van der Waals surface area (Å²) in [7, 11) is -4.30. The fourth-order valence-electron chi connectivity index (χ4n) is 6.62. The second-order valence-corrected chi connectivity index (χ2v) is 11.4. The third-order valence-electron chi connectivity index (χ3n) is 7.77. The molecule has 5 aliphatic rings. The topological polar surface area (TPSA) is 110 Å². The molecule has 0 heterocycles. The van der Waals surface area contributed by atoms with Crippen molar-refractivity contribution in [3.63, 3.8) is 0 Å². The zero-order valence-electron chi connectivity index (χ0n) is 16.2. The molecule has 6 nitrogen and oxygen atoms in total. The van der Waals surface area contributed by atoms with Gasteiger partial charge >= 0.3 is 5.97 Å². The first kappa shape index (κ1) is 19.4. The molecule has 2 N–H and O–H groups in total. The van der Waals surface area contributed by atoms with Crippen LogP contribution in [0.25, 0.3) is 0 Å². The molecule has 152 valence electrons. The molecule has 0 amide bonds. The van der Waals surface area contributed by atoms with Gasteiger partial charge in [0.05, 0.1) is 16.5 Å². The first-order valence-corrected chi connectivity index (χ1v) is 11.7. The molecule has 4 saturated carbocycles. The Kier molecular flexibility index (Phi) is 4.52. The number of nitrogens with two attached hydrogens (primary N) is 1. The van der Waals surface area contributed by atoms with E-state index < -0.39 is 21.3 Å². The van der Waals surface area contributed by atoms with Crippen LogP contribution in [-0.2, 0) is 19.6 Å². The Bertz CT molecular complexity index is 772. The molecular weight excluding hydrogens is 366 g/mol. The van der Waals surface area contributed by atoms with E-state index in [0.29, 0.717) is 30.6 Å². The molecule has 0 spiro atoms. The average Bonchev–Trinajstić information content (AvgIpc) is 2.75. The summed E-state index contributed by atoms with van der Waals surface area (Å²) in [6, 6.07) is 0. The summed E-state index contributed by atoms with van der Waals surface area (Å²) >= 11 is 0. The van der Waals surface area contributed by atoms with Crippen LogP contribution in [0.5, 0.6) is 0 Å². The number of hydrogen-bond acceptors (Lipinski definition) is 6. The quantitative estimate of drug-likeness (QED) is 0.434. The smallest absolute Gasteiger partial charge is 0.310 e. The van der Waals surface area contributed by atoms with Gasteiger partial charge in [0, 0.05) is 16.7 Å². The summed E-state index contributed by atoms with van der Waals surface area (Å²) < 4.78 is 39.6. The lowest BCUT2D eigenvalue weighted by atomic mass is 9.52. The van der Waals surface area contributed by atoms with E-state index >= 15 is 0 Å². The molecule has 0 aromatic rings. The number of esters is 1. The number of carbonyl (C=O) groups excluding carboxylic acids is 1. The summed E-state index contributed by atoms with van der Waals surface area (Å²) in [5.74, 6) is 0.843. The molecule has 7 heteroatoms. The van der Waals surface area contributed by atoms with Crippen LogP contribution in [0.15, 0.2) is 11.1 Å². The van der Waals surface area contributed by atoms with Crippen LogP contribution >= 0.6 is 0 Å². The lowest BCUT2D eigenvalue weighted by Crippen LogP contribution is -2.61. The largest absolute Gasteiger partial charge is 0.748 e. The van der Waals surface area contributed by atoms with Crippen molar-refractivity contribution in [2.45, 2.75) is 76.9 Å². The highest BCUT2D eigenvalue weighted by molar-refractivity contribution is 7.85. The van der Waals surface area contributed by atoms with Crippen LogP contribution in [0.2, 0.25) is 0 Å². The van der Waals surface area contributed by atoms with Crippen LogP contribution < -0.4 is 5.73 Å². The minimum absolute atomic E-state index is 0.0126. The predicted molar refractivity (Wildman–Crippen MR) is 99.6 cm³/mol. The number of carbonyl (C=O) groups is 1. The summed E-state index contributed by atoms with van der Waals surface area (Å²) in [6.07, 6.45) is 6.71. The van der Waals surface area contributed by atoms with Crippen molar-refractivity contribution in [2.24, 2.45) is 28.9 Å². The Balaban J connectivity index is 1.41. The van der Waals surface area contributed by atoms with Crippen LogP contribution in [0, 0.1) is 23.2 Å².